The van der Waals surface area contributed by atoms with Crippen molar-refractivity contribution >= 4 is 33.4 Å². The number of hydrogen-bond donors (Lipinski definition) is 2. The lowest BCUT2D eigenvalue weighted by Gasteiger charge is -2.32. The summed E-state index contributed by atoms with van der Waals surface area (Å²) < 4.78 is 37.4. The summed E-state index contributed by atoms with van der Waals surface area (Å²) in [7, 11) is -1.97. The Morgan fingerprint density at radius 3 is 3.00 bits per heavy atom. The number of nitrogens with two attached hydrogens (primary N) is 1. The van der Waals surface area contributed by atoms with Crippen LogP contribution in [-0.4, -0.2) is 46.1 Å². The molecule has 0 spiro atoms. The minimum Gasteiger partial charge on any atom is -0.383 e. The van der Waals surface area contributed by atoms with E-state index in [4.69, 9.17) is 10.6 Å². The molecule has 126 valence electrons. The number of hydrogen-bond acceptors (Lipinski definition) is 9. The third-order valence-corrected chi connectivity index (χ3v) is 7.41. The summed E-state index contributed by atoms with van der Waals surface area (Å²) in [6.45, 7) is 3.77. The van der Waals surface area contributed by atoms with Gasteiger partial charge in [-0.1, -0.05) is 6.92 Å². The Bertz CT molecular complexity index is 592. The van der Waals surface area contributed by atoms with Gasteiger partial charge in [0, 0.05) is 31.8 Å². The highest BCUT2D eigenvalue weighted by Gasteiger charge is 2.38. The average molecular weight is 369 g/mol. The van der Waals surface area contributed by atoms with Crippen molar-refractivity contribution < 1.29 is 22.5 Å². The molecule has 2 rings (SSSR count). The molecule has 11 heteroatoms. The summed E-state index contributed by atoms with van der Waals surface area (Å²) in [6, 6.07) is 1.73. The third kappa shape index (κ3) is 3.80. The summed E-state index contributed by atoms with van der Waals surface area (Å²) in [5.41, 5.74) is 0.753. The van der Waals surface area contributed by atoms with E-state index >= 15 is 0 Å². The number of sulfonamides is 1. The van der Waals surface area contributed by atoms with Gasteiger partial charge in [-0.15, -0.1) is 20.7 Å². The van der Waals surface area contributed by atoms with Crippen molar-refractivity contribution in [3.8, 4) is 0 Å². The molecule has 1 aromatic heterocycles. The highest BCUT2D eigenvalue weighted by molar-refractivity contribution is 7.97. The van der Waals surface area contributed by atoms with E-state index in [2.05, 4.69) is 14.6 Å². The zero-order valence-corrected chi connectivity index (χ0v) is 14.7. The van der Waals surface area contributed by atoms with Crippen LogP contribution in [-0.2, 0) is 24.1 Å². The fourth-order valence-corrected chi connectivity index (χ4v) is 6.24. The summed E-state index contributed by atoms with van der Waals surface area (Å²) >= 11 is 2.03. The third-order valence-electron chi connectivity index (χ3n) is 3.19. The summed E-state index contributed by atoms with van der Waals surface area (Å²) in [6.07, 6.45) is 0. The monoisotopic (exact) mass is 369 g/mol. The molecule has 0 bridgehead atoms. The van der Waals surface area contributed by atoms with E-state index in [-0.39, 0.29) is 6.04 Å². The maximum absolute atomic E-state index is 12.7. The number of likely N-dealkylation sites (N-methyl/N-ethyl adjacent to an activating group) is 1. The van der Waals surface area contributed by atoms with Crippen molar-refractivity contribution in [3.05, 3.63) is 11.6 Å². The van der Waals surface area contributed by atoms with Crippen LogP contribution in [0.1, 0.15) is 18.5 Å². The molecule has 1 aromatic rings. The molecule has 3 N–H and O–H groups in total. The van der Waals surface area contributed by atoms with E-state index in [0.717, 1.165) is 35.5 Å². The number of methoxy groups -OCH3 is 1. The molecule has 8 nitrogen and oxygen atoms in total. The molecule has 2 heterocycles. The Labute approximate surface area is 138 Å². The van der Waals surface area contributed by atoms with Crippen LogP contribution in [0.2, 0.25) is 0 Å². The Kier molecular flexibility index (Phi) is 6.61. The molecule has 0 amide bonds. The first-order chi connectivity index (χ1) is 10.5. The molecule has 0 saturated heterocycles. The number of fused-ring (bicyclic) bond motifs is 1. The van der Waals surface area contributed by atoms with E-state index in [0.29, 0.717) is 28.1 Å². The van der Waals surface area contributed by atoms with Gasteiger partial charge < -0.3 is 10.1 Å². The predicted octanol–water partition coefficient (Wildman–Crippen LogP) is 0.878. The lowest BCUT2D eigenvalue weighted by Crippen LogP contribution is -2.44. The topological polar surface area (TPSA) is 103 Å². The molecule has 0 radical (unpaired) electrons. The highest BCUT2D eigenvalue weighted by Crippen LogP contribution is 2.42. The number of ether oxygens (including phenoxy) is 1. The Morgan fingerprint density at radius 2 is 2.36 bits per heavy atom. The van der Waals surface area contributed by atoms with Crippen LogP contribution in [0.3, 0.4) is 0 Å². The molecule has 0 aromatic carbocycles. The van der Waals surface area contributed by atoms with Crippen molar-refractivity contribution in [1.82, 2.24) is 9.62 Å². The first-order valence-corrected chi connectivity index (χ1v) is 9.60. The van der Waals surface area contributed by atoms with Gasteiger partial charge in [0.15, 0.2) is 0 Å². The average Bonchev–Trinajstić information content (AvgIpc) is 2.92. The van der Waals surface area contributed by atoms with Crippen LogP contribution in [0.5, 0.6) is 0 Å². The van der Waals surface area contributed by atoms with Crippen molar-refractivity contribution in [1.29, 1.82) is 0 Å². The smallest absolute Gasteiger partial charge is 0.253 e. The molecular weight excluding hydrogens is 350 g/mol. The van der Waals surface area contributed by atoms with Crippen molar-refractivity contribution in [2.24, 2.45) is 5.90 Å². The van der Waals surface area contributed by atoms with Gasteiger partial charge in [0.1, 0.15) is 4.21 Å². The van der Waals surface area contributed by atoms with Gasteiger partial charge >= 0.3 is 0 Å². The Morgan fingerprint density at radius 1 is 1.59 bits per heavy atom. The van der Waals surface area contributed by atoms with Crippen LogP contribution in [0, 0.1) is 0 Å². The number of nitrogens with one attached hydrogen (secondary N) is 1. The van der Waals surface area contributed by atoms with E-state index < -0.39 is 10.0 Å². The van der Waals surface area contributed by atoms with Crippen molar-refractivity contribution in [2.75, 3.05) is 33.4 Å². The van der Waals surface area contributed by atoms with E-state index in [1.54, 1.807) is 13.2 Å². The maximum atomic E-state index is 12.7. The van der Waals surface area contributed by atoms with Crippen LogP contribution >= 0.6 is 23.4 Å². The highest BCUT2D eigenvalue weighted by atomic mass is 32.3. The standard InChI is InChI=1S/C11H19N3O5S3/c1-3-13-9-7-14(4-5-17-2)22(15,16)11-8(9)6-10(20-11)21-19-18-12/h6,9,13H,3-5,7,12H2,1-2H3/t9-/m0/s1. The normalized spacial score (nSPS) is 21.0. The predicted molar refractivity (Wildman–Crippen MR) is 83.6 cm³/mol. The second-order valence-electron chi connectivity index (χ2n) is 4.52. The second kappa shape index (κ2) is 8.04. The molecule has 0 aliphatic carbocycles. The molecule has 0 fully saturated rings. The van der Waals surface area contributed by atoms with Gasteiger partial charge in [-0.2, -0.15) is 10.2 Å². The minimum atomic E-state index is -3.52. The molecular formula is C11H19N3O5S3. The molecule has 0 unspecified atom stereocenters. The molecule has 1 aliphatic heterocycles. The van der Waals surface area contributed by atoms with E-state index in [9.17, 15) is 8.42 Å². The van der Waals surface area contributed by atoms with Crippen LogP contribution in [0.4, 0.5) is 0 Å². The van der Waals surface area contributed by atoms with Gasteiger partial charge in [0.05, 0.1) is 22.9 Å². The van der Waals surface area contributed by atoms with Crippen molar-refractivity contribution in [3.63, 3.8) is 0 Å². The van der Waals surface area contributed by atoms with Crippen LogP contribution in [0.25, 0.3) is 0 Å². The lowest BCUT2D eigenvalue weighted by molar-refractivity contribution is -0.195. The van der Waals surface area contributed by atoms with Gasteiger partial charge in [-0.25, -0.2) is 8.42 Å². The fraction of sp³-hybridized carbons (Fsp3) is 0.636. The molecule has 1 atom stereocenters. The quantitative estimate of drug-likeness (QED) is 0.395. The minimum absolute atomic E-state index is 0.0650. The number of nitrogens with zero attached hydrogens (tertiary/aromatic N) is 1. The second-order valence-corrected chi connectivity index (χ2v) is 8.71. The largest absolute Gasteiger partial charge is 0.383 e. The zero-order chi connectivity index (χ0) is 16.2. The van der Waals surface area contributed by atoms with Crippen molar-refractivity contribution in [2.45, 2.75) is 21.4 Å². The van der Waals surface area contributed by atoms with Gasteiger partial charge in [0.2, 0.25) is 0 Å². The number of thiophene rings is 1. The first kappa shape index (κ1) is 18.1. The maximum Gasteiger partial charge on any atom is 0.253 e. The fourth-order valence-electron chi connectivity index (χ4n) is 2.25. The van der Waals surface area contributed by atoms with Crippen LogP contribution in [0.15, 0.2) is 14.5 Å². The SMILES string of the molecule is CCN[C@H]1CN(CCOC)S(=O)(=O)c2sc(SOON)cc21. The number of rotatable bonds is 8. The summed E-state index contributed by atoms with van der Waals surface area (Å²) in [5, 5.41) is 3.31. The van der Waals surface area contributed by atoms with Gasteiger partial charge in [0.25, 0.3) is 10.0 Å². The van der Waals surface area contributed by atoms with E-state index in [1.165, 1.54) is 4.31 Å². The lowest BCUT2D eigenvalue weighted by atomic mass is 10.1. The summed E-state index contributed by atoms with van der Waals surface area (Å²) in [4.78, 5) is 4.06. The summed E-state index contributed by atoms with van der Waals surface area (Å²) in [5.74, 6) is 4.81. The Balaban J connectivity index is 2.34. The molecule has 0 saturated carbocycles. The molecule has 1 aliphatic rings. The van der Waals surface area contributed by atoms with Gasteiger partial charge in [-0.3, -0.25) is 0 Å². The first-order valence-electron chi connectivity index (χ1n) is 6.60. The van der Waals surface area contributed by atoms with E-state index in [1.807, 2.05) is 6.92 Å². The van der Waals surface area contributed by atoms with Crippen LogP contribution < -0.4 is 11.2 Å². The Hall–Kier alpha value is -0.240. The zero-order valence-electron chi connectivity index (χ0n) is 12.3. The van der Waals surface area contributed by atoms with Gasteiger partial charge in [-0.05, 0) is 12.6 Å². The molecule has 22 heavy (non-hydrogen) atoms.